The number of hydrogen-bond acceptors (Lipinski definition) is 8. The normalized spacial score (nSPS) is 10.6. The van der Waals surface area contributed by atoms with E-state index in [1.807, 2.05) is 19.9 Å². The number of hydrogen-bond donors (Lipinski definition) is 3. The number of carboxylic acid groups (broad SMARTS) is 1. The summed E-state index contributed by atoms with van der Waals surface area (Å²) >= 11 is 0. The first-order valence-corrected chi connectivity index (χ1v) is 10.4. The average molecular weight is 574 g/mol. The van der Waals surface area contributed by atoms with Gasteiger partial charge in [-0.25, -0.2) is 4.79 Å². The Bertz CT molecular complexity index is 1130. The molecule has 0 atom stereocenters. The van der Waals surface area contributed by atoms with Crippen LogP contribution in [0.1, 0.15) is 30.5 Å². The summed E-state index contributed by atoms with van der Waals surface area (Å²) in [5.41, 5.74) is 3.08. The van der Waals surface area contributed by atoms with Crippen LogP contribution >= 0.6 is 0 Å². The second kappa shape index (κ2) is 16.6. The number of halogens is 6. The van der Waals surface area contributed by atoms with Crippen molar-refractivity contribution in [2.24, 2.45) is 0 Å². The summed E-state index contributed by atoms with van der Waals surface area (Å²) in [7, 11) is 3.19. The molecule has 1 aliphatic rings. The Labute approximate surface area is 218 Å². The number of aromatic nitrogens is 1. The quantitative estimate of drug-likeness (QED) is 0.369. The maximum atomic E-state index is 10.6. The van der Waals surface area contributed by atoms with Crippen LogP contribution in [-0.4, -0.2) is 67.2 Å². The molecule has 0 fully saturated rings. The number of fused-ring (bicyclic) bond motifs is 2. The van der Waals surface area contributed by atoms with Gasteiger partial charge in [0.2, 0.25) is 5.88 Å². The number of nitrogens with zero attached hydrogens (tertiary/aromatic N) is 2. The van der Waals surface area contributed by atoms with Gasteiger partial charge in [-0.3, -0.25) is 0 Å². The van der Waals surface area contributed by atoms with E-state index in [0.29, 0.717) is 54.0 Å². The van der Waals surface area contributed by atoms with Crippen molar-refractivity contribution in [3.05, 3.63) is 28.8 Å². The Morgan fingerprint density at radius 1 is 1.13 bits per heavy atom. The third-order valence-electron chi connectivity index (χ3n) is 4.45. The van der Waals surface area contributed by atoms with Gasteiger partial charge in [0.25, 0.3) is 0 Å². The number of carbonyl (C=O) groups is 1. The Morgan fingerprint density at radius 2 is 1.62 bits per heavy atom. The predicted octanol–water partition coefficient (Wildman–Crippen LogP) is 3.69. The standard InChI is InChI=1S/C19H22N4O3.C2HF3O2.CHF3.2H2O/c1-5-21-17-12-7-11-8-15(24-3)16(25-4)9-14(11)26-19(12)23-18(22-6-2)13(17)10-20;3-2(4,5)1(6)7;2-1(3)4;;/h8-9H,5-7H2,1-4H3,(H2,21,22,23);(H,6,7);1H;2*1H2. The van der Waals surface area contributed by atoms with E-state index >= 15 is 0 Å². The fourth-order valence-corrected chi connectivity index (χ4v) is 3.06. The number of pyridine rings is 1. The van der Waals surface area contributed by atoms with Crippen molar-refractivity contribution >= 4 is 17.5 Å². The molecule has 17 heteroatoms. The van der Waals surface area contributed by atoms with E-state index in [1.54, 1.807) is 20.3 Å². The van der Waals surface area contributed by atoms with Crippen molar-refractivity contribution < 1.29 is 61.4 Å². The summed E-state index contributed by atoms with van der Waals surface area (Å²) in [5.74, 6) is 0.178. The molecule has 0 aliphatic carbocycles. The van der Waals surface area contributed by atoms with Gasteiger partial charge in [-0.05, 0) is 19.9 Å². The van der Waals surface area contributed by atoms with Crippen LogP contribution in [0.15, 0.2) is 12.1 Å². The molecule has 0 unspecified atom stereocenters. The van der Waals surface area contributed by atoms with Crippen molar-refractivity contribution in [1.82, 2.24) is 4.98 Å². The minimum atomic E-state index is -5.08. The molecule has 3 rings (SSSR count). The third kappa shape index (κ3) is 10.2. The maximum absolute atomic E-state index is 10.6. The predicted molar refractivity (Wildman–Crippen MR) is 128 cm³/mol. The first-order chi connectivity index (χ1) is 17.3. The molecule has 0 saturated carbocycles. The van der Waals surface area contributed by atoms with Gasteiger partial charge in [0, 0.05) is 36.7 Å². The lowest BCUT2D eigenvalue weighted by Crippen LogP contribution is -2.21. The smallest absolute Gasteiger partial charge is 0.490 e. The molecule has 0 radical (unpaired) electrons. The number of benzene rings is 1. The Hall–Kier alpha value is -4.17. The third-order valence-corrected chi connectivity index (χ3v) is 4.45. The highest BCUT2D eigenvalue weighted by Crippen LogP contribution is 2.45. The maximum Gasteiger partial charge on any atom is 0.490 e. The van der Waals surface area contributed by atoms with E-state index in [-0.39, 0.29) is 11.0 Å². The molecule has 0 saturated heterocycles. The van der Waals surface area contributed by atoms with Crippen molar-refractivity contribution in [2.75, 3.05) is 37.9 Å². The highest BCUT2D eigenvalue weighted by molar-refractivity contribution is 5.76. The molecule has 1 aromatic carbocycles. The monoisotopic (exact) mass is 574 g/mol. The summed E-state index contributed by atoms with van der Waals surface area (Å²) in [6, 6.07) is 5.96. The molecular formula is C22H28F6N4O7. The lowest BCUT2D eigenvalue weighted by Gasteiger charge is -2.25. The summed E-state index contributed by atoms with van der Waals surface area (Å²) in [4.78, 5) is 13.4. The number of methoxy groups -OCH3 is 2. The SMILES string of the molecule is CCNc1nc2c(c(NCC)c1C#N)Cc1cc(OC)c(OC)cc1O2.FC(F)F.O.O.O=C(O)C(F)(F)F. The van der Waals surface area contributed by atoms with E-state index < -0.39 is 18.8 Å². The Kier molecular flexibility index (Phi) is 15.8. The van der Waals surface area contributed by atoms with Crippen LogP contribution in [0, 0.1) is 11.3 Å². The highest BCUT2D eigenvalue weighted by atomic mass is 19.4. The largest absolute Gasteiger partial charge is 0.493 e. The first-order valence-electron chi connectivity index (χ1n) is 10.4. The van der Waals surface area contributed by atoms with Crippen LogP contribution in [0.4, 0.5) is 37.8 Å². The molecule has 1 aliphatic heterocycles. The zero-order valence-electron chi connectivity index (χ0n) is 21.1. The van der Waals surface area contributed by atoms with E-state index in [9.17, 15) is 31.6 Å². The van der Waals surface area contributed by atoms with Crippen LogP contribution in [0.3, 0.4) is 0 Å². The summed E-state index contributed by atoms with van der Waals surface area (Å²) in [5, 5.41) is 23.2. The van der Waals surface area contributed by atoms with Crippen LogP contribution in [-0.2, 0) is 11.2 Å². The minimum Gasteiger partial charge on any atom is -0.493 e. The van der Waals surface area contributed by atoms with Gasteiger partial charge in [0.1, 0.15) is 23.2 Å². The second-order valence-corrected chi connectivity index (χ2v) is 6.81. The minimum absolute atomic E-state index is 0. The number of ether oxygens (including phenoxy) is 3. The van der Waals surface area contributed by atoms with Crippen LogP contribution in [0.5, 0.6) is 23.1 Å². The number of anilines is 2. The average Bonchev–Trinajstić information content (AvgIpc) is 2.82. The molecule has 2 aromatic rings. The summed E-state index contributed by atoms with van der Waals surface area (Å²) in [6.07, 6.45) is -4.50. The molecule has 0 bridgehead atoms. The van der Waals surface area contributed by atoms with E-state index in [0.717, 1.165) is 16.8 Å². The molecule has 2 heterocycles. The zero-order chi connectivity index (χ0) is 28.3. The number of nitriles is 1. The van der Waals surface area contributed by atoms with E-state index in [1.165, 1.54) is 0 Å². The van der Waals surface area contributed by atoms with Gasteiger partial charge in [-0.1, -0.05) is 0 Å². The van der Waals surface area contributed by atoms with Gasteiger partial charge < -0.3 is 40.9 Å². The van der Waals surface area contributed by atoms with Crippen molar-refractivity contribution in [3.63, 3.8) is 0 Å². The van der Waals surface area contributed by atoms with Crippen molar-refractivity contribution in [2.45, 2.75) is 33.1 Å². The molecule has 39 heavy (non-hydrogen) atoms. The van der Waals surface area contributed by atoms with Gasteiger partial charge >= 0.3 is 18.8 Å². The molecule has 7 N–H and O–H groups in total. The van der Waals surface area contributed by atoms with E-state index in [4.69, 9.17) is 24.1 Å². The molecule has 0 amide bonds. The lowest BCUT2D eigenvalue weighted by molar-refractivity contribution is -0.192. The van der Waals surface area contributed by atoms with Crippen LogP contribution < -0.4 is 24.8 Å². The summed E-state index contributed by atoms with van der Waals surface area (Å²) < 4.78 is 77.5. The first kappa shape index (κ1) is 37.0. The molecule has 0 spiro atoms. The molecule has 1 aromatic heterocycles. The molecule has 11 nitrogen and oxygen atoms in total. The summed E-state index contributed by atoms with van der Waals surface area (Å²) in [6.45, 7) is 1.64. The molecule has 220 valence electrons. The second-order valence-electron chi connectivity index (χ2n) is 6.81. The number of carboxylic acids is 1. The van der Waals surface area contributed by atoms with Crippen molar-refractivity contribution in [3.8, 4) is 29.2 Å². The Balaban J connectivity index is 0. The van der Waals surface area contributed by atoms with Gasteiger partial charge in [-0.15, -0.1) is 0 Å². The van der Waals surface area contributed by atoms with Gasteiger partial charge in [-0.2, -0.15) is 36.6 Å². The highest BCUT2D eigenvalue weighted by Gasteiger charge is 2.38. The topological polar surface area (TPSA) is 189 Å². The van der Waals surface area contributed by atoms with E-state index in [2.05, 4.69) is 21.7 Å². The fourth-order valence-electron chi connectivity index (χ4n) is 3.06. The van der Waals surface area contributed by atoms with Crippen LogP contribution in [0.2, 0.25) is 0 Å². The van der Waals surface area contributed by atoms with Crippen LogP contribution in [0.25, 0.3) is 0 Å². The van der Waals surface area contributed by atoms with Crippen molar-refractivity contribution in [1.29, 1.82) is 5.26 Å². The number of nitrogens with one attached hydrogen (secondary N) is 2. The number of rotatable bonds is 6. The Morgan fingerprint density at radius 3 is 2.03 bits per heavy atom. The fraction of sp³-hybridized carbons (Fsp3) is 0.409. The lowest BCUT2D eigenvalue weighted by atomic mass is 9.98. The van der Waals surface area contributed by atoms with Gasteiger partial charge in [0.05, 0.1) is 19.9 Å². The van der Waals surface area contributed by atoms with Gasteiger partial charge in [0.15, 0.2) is 11.5 Å². The number of aliphatic carboxylic acids is 1. The number of alkyl halides is 6. The molecular weight excluding hydrogens is 546 g/mol. The zero-order valence-corrected chi connectivity index (χ0v) is 21.1.